The zero-order chi connectivity index (χ0) is 23.5. The van der Waals surface area contributed by atoms with E-state index >= 15 is 0 Å². The van der Waals surface area contributed by atoms with Crippen molar-refractivity contribution in [1.82, 2.24) is 5.16 Å². The number of hydrogen-bond acceptors (Lipinski definition) is 4. The number of aromatic carboxylic acids is 1. The maximum Gasteiger partial charge on any atom is 0.339 e. The minimum atomic E-state index is -1.06. The summed E-state index contributed by atoms with van der Waals surface area (Å²) in [6, 6.07) is 20.2. The molecule has 0 spiro atoms. The lowest BCUT2D eigenvalue weighted by Crippen LogP contribution is -2.06. The Hall–Kier alpha value is -3.09. The molecule has 3 aromatic carbocycles. The first-order chi connectivity index (χ1) is 15.9. The van der Waals surface area contributed by atoms with E-state index in [0.717, 1.165) is 21.2 Å². The van der Waals surface area contributed by atoms with Gasteiger partial charge in [-0.15, -0.1) is 0 Å². The van der Waals surface area contributed by atoms with Crippen LogP contribution in [-0.2, 0) is 6.61 Å². The second kappa shape index (κ2) is 9.81. The van der Waals surface area contributed by atoms with Gasteiger partial charge in [0.2, 0.25) is 0 Å². The third-order valence-electron chi connectivity index (χ3n) is 5.23. The number of nitrogens with zero attached hydrogens (tertiary/aromatic N) is 1. The van der Waals surface area contributed by atoms with E-state index in [4.69, 9.17) is 20.9 Å². The zero-order valence-corrected chi connectivity index (χ0v) is 20.4. The Kier molecular flexibility index (Phi) is 6.86. The van der Waals surface area contributed by atoms with Gasteiger partial charge < -0.3 is 14.4 Å². The first-order valence-corrected chi connectivity index (χ1v) is 11.5. The first kappa shape index (κ1) is 23.1. The molecule has 1 heterocycles. The predicted molar refractivity (Wildman–Crippen MR) is 132 cm³/mol. The Labute approximate surface area is 205 Å². The van der Waals surface area contributed by atoms with Gasteiger partial charge in [-0.05, 0) is 35.4 Å². The van der Waals surface area contributed by atoms with Gasteiger partial charge in [0.15, 0.2) is 0 Å². The minimum absolute atomic E-state index is 0.0468. The van der Waals surface area contributed by atoms with Crippen LogP contribution in [0.5, 0.6) is 5.75 Å². The van der Waals surface area contributed by atoms with E-state index in [1.807, 2.05) is 62.4 Å². The summed E-state index contributed by atoms with van der Waals surface area (Å²) in [6.07, 6.45) is 0. The van der Waals surface area contributed by atoms with Gasteiger partial charge in [0, 0.05) is 16.0 Å². The molecule has 0 bridgehead atoms. The van der Waals surface area contributed by atoms with Gasteiger partial charge in [-0.2, -0.15) is 0 Å². The highest BCUT2D eigenvalue weighted by Gasteiger charge is 2.24. The summed E-state index contributed by atoms with van der Waals surface area (Å²) in [5.41, 5.74) is 3.80. The van der Waals surface area contributed by atoms with Gasteiger partial charge in [-0.25, -0.2) is 4.79 Å². The molecule has 0 fully saturated rings. The molecular weight excluding hydrogens is 506 g/mol. The van der Waals surface area contributed by atoms with Gasteiger partial charge >= 0.3 is 5.97 Å². The van der Waals surface area contributed by atoms with Crippen molar-refractivity contribution in [2.24, 2.45) is 0 Å². The third kappa shape index (κ3) is 4.82. The third-order valence-corrected chi connectivity index (χ3v) is 6.21. The molecule has 1 N–H and O–H groups in total. The molecule has 5 nitrogen and oxygen atoms in total. The quantitative estimate of drug-likeness (QED) is 0.266. The van der Waals surface area contributed by atoms with E-state index in [-0.39, 0.29) is 23.8 Å². The van der Waals surface area contributed by atoms with Crippen LogP contribution in [0.2, 0.25) is 5.02 Å². The molecule has 0 radical (unpaired) electrons. The highest BCUT2D eigenvalue weighted by atomic mass is 79.9. The number of carboxylic acids is 1. The standard InChI is InChI=1S/C26H21BrClNO4/c1-15(2)25-19(24(29-33-25)23-20(27)9-6-10-21(23)28)14-32-22-12-11-17(13-18(22)26(30)31)16-7-4-3-5-8-16/h3-13,15H,14H2,1-2H3,(H,30,31). The van der Waals surface area contributed by atoms with Gasteiger partial charge in [0.05, 0.1) is 10.6 Å². The van der Waals surface area contributed by atoms with Crippen LogP contribution < -0.4 is 4.74 Å². The second-order valence-corrected chi connectivity index (χ2v) is 9.06. The van der Waals surface area contributed by atoms with Crippen molar-refractivity contribution in [1.29, 1.82) is 0 Å². The molecular formula is C26H21BrClNO4. The zero-order valence-electron chi connectivity index (χ0n) is 18.0. The average Bonchev–Trinajstić information content (AvgIpc) is 3.22. The number of rotatable bonds is 7. The van der Waals surface area contributed by atoms with Crippen LogP contribution in [0.4, 0.5) is 0 Å². The average molecular weight is 527 g/mol. The monoisotopic (exact) mass is 525 g/mol. The topological polar surface area (TPSA) is 72.6 Å². The summed E-state index contributed by atoms with van der Waals surface area (Å²) in [7, 11) is 0. The van der Waals surface area contributed by atoms with Crippen molar-refractivity contribution in [3.63, 3.8) is 0 Å². The van der Waals surface area contributed by atoms with Crippen LogP contribution in [0.15, 0.2) is 75.7 Å². The lowest BCUT2D eigenvalue weighted by atomic mass is 10.0. The Morgan fingerprint density at radius 1 is 1.09 bits per heavy atom. The highest BCUT2D eigenvalue weighted by Crippen LogP contribution is 2.39. The van der Waals surface area contributed by atoms with Gasteiger partial charge in [0.25, 0.3) is 0 Å². The SMILES string of the molecule is CC(C)c1onc(-c2c(Cl)cccc2Br)c1COc1ccc(-c2ccccc2)cc1C(=O)O. The Balaban J connectivity index is 1.71. The molecule has 168 valence electrons. The molecule has 1 aromatic heterocycles. The Bertz CT molecular complexity index is 1280. The molecule has 4 aromatic rings. The first-order valence-electron chi connectivity index (χ1n) is 10.3. The molecule has 33 heavy (non-hydrogen) atoms. The largest absolute Gasteiger partial charge is 0.488 e. The maximum atomic E-state index is 12.0. The molecule has 0 amide bonds. The van der Waals surface area contributed by atoms with Crippen molar-refractivity contribution in [3.05, 3.63) is 93.1 Å². The van der Waals surface area contributed by atoms with Crippen LogP contribution in [0.3, 0.4) is 0 Å². The summed E-state index contributed by atoms with van der Waals surface area (Å²) in [6.45, 7) is 4.06. The number of carbonyl (C=O) groups is 1. The van der Waals surface area contributed by atoms with Crippen LogP contribution >= 0.6 is 27.5 Å². The van der Waals surface area contributed by atoms with E-state index in [1.165, 1.54) is 0 Å². The van der Waals surface area contributed by atoms with Gasteiger partial charge in [-0.1, -0.05) is 89.0 Å². The molecule has 0 saturated carbocycles. The number of hydrogen-bond donors (Lipinski definition) is 1. The van der Waals surface area contributed by atoms with E-state index in [2.05, 4.69) is 21.1 Å². The fraction of sp³-hybridized carbons (Fsp3) is 0.154. The molecule has 0 aliphatic heterocycles. The lowest BCUT2D eigenvalue weighted by molar-refractivity contribution is 0.0692. The molecule has 0 aliphatic rings. The lowest BCUT2D eigenvalue weighted by Gasteiger charge is -2.13. The number of aromatic nitrogens is 1. The Morgan fingerprint density at radius 3 is 2.52 bits per heavy atom. The maximum absolute atomic E-state index is 12.0. The van der Waals surface area contributed by atoms with E-state index in [1.54, 1.807) is 18.2 Å². The molecule has 0 saturated heterocycles. The summed E-state index contributed by atoms with van der Waals surface area (Å²) >= 11 is 9.99. The second-order valence-electron chi connectivity index (χ2n) is 7.80. The fourth-order valence-electron chi connectivity index (χ4n) is 3.62. The van der Waals surface area contributed by atoms with Crippen molar-refractivity contribution in [3.8, 4) is 28.1 Å². The minimum Gasteiger partial charge on any atom is -0.488 e. The number of ether oxygens (including phenoxy) is 1. The van der Waals surface area contributed by atoms with Crippen molar-refractivity contribution < 1.29 is 19.2 Å². The van der Waals surface area contributed by atoms with Crippen LogP contribution in [0.1, 0.15) is 41.4 Å². The molecule has 0 aliphatic carbocycles. The van der Waals surface area contributed by atoms with E-state index in [9.17, 15) is 9.90 Å². The van der Waals surface area contributed by atoms with Crippen molar-refractivity contribution in [2.45, 2.75) is 26.4 Å². The predicted octanol–water partition coefficient (Wildman–Crippen LogP) is 7.83. The fourth-order valence-corrected chi connectivity index (χ4v) is 4.55. The summed E-state index contributed by atoms with van der Waals surface area (Å²) in [5, 5.41) is 14.6. The summed E-state index contributed by atoms with van der Waals surface area (Å²) in [5.74, 6) is -0.0892. The van der Waals surface area contributed by atoms with Gasteiger partial charge in [0.1, 0.15) is 29.4 Å². The summed E-state index contributed by atoms with van der Waals surface area (Å²) in [4.78, 5) is 12.0. The Morgan fingerprint density at radius 2 is 1.85 bits per heavy atom. The molecule has 7 heteroatoms. The molecule has 0 unspecified atom stereocenters. The summed E-state index contributed by atoms with van der Waals surface area (Å²) < 4.78 is 12.4. The number of carboxylic acid groups (broad SMARTS) is 1. The van der Waals surface area contributed by atoms with Crippen LogP contribution in [0.25, 0.3) is 22.4 Å². The van der Waals surface area contributed by atoms with Crippen LogP contribution in [0, 0.1) is 0 Å². The van der Waals surface area contributed by atoms with Crippen LogP contribution in [-0.4, -0.2) is 16.2 Å². The number of benzene rings is 3. The normalized spacial score (nSPS) is 11.1. The molecule has 4 rings (SSSR count). The highest BCUT2D eigenvalue weighted by molar-refractivity contribution is 9.10. The molecule has 0 atom stereocenters. The van der Waals surface area contributed by atoms with Crippen molar-refractivity contribution in [2.75, 3.05) is 0 Å². The van der Waals surface area contributed by atoms with E-state index < -0.39 is 5.97 Å². The van der Waals surface area contributed by atoms with E-state index in [0.29, 0.717) is 22.0 Å². The van der Waals surface area contributed by atoms with Crippen molar-refractivity contribution >= 4 is 33.5 Å². The number of halogens is 2. The smallest absolute Gasteiger partial charge is 0.339 e. The van der Waals surface area contributed by atoms with Gasteiger partial charge in [-0.3, -0.25) is 0 Å².